The highest BCUT2D eigenvalue weighted by Crippen LogP contribution is 2.36. The van der Waals surface area contributed by atoms with E-state index in [-0.39, 0.29) is 11.9 Å². The van der Waals surface area contributed by atoms with Crippen molar-refractivity contribution in [3.8, 4) is 0 Å². The van der Waals surface area contributed by atoms with E-state index < -0.39 is 0 Å². The van der Waals surface area contributed by atoms with E-state index >= 15 is 0 Å². The van der Waals surface area contributed by atoms with Gasteiger partial charge in [0.1, 0.15) is 0 Å². The quantitative estimate of drug-likeness (QED) is 0.765. The Kier molecular flexibility index (Phi) is 2.40. The first kappa shape index (κ1) is 11.0. The zero-order chi connectivity index (χ0) is 12.7. The van der Waals surface area contributed by atoms with E-state index in [1.54, 1.807) is 17.3 Å². The molecular formula is C15H14N2O. The predicted octanol–water partition coefficient (Wildman–Crippen LogP) is 2.57. The Morgan fingerprint density at radius 1 is 1.17 bits per heavy atom. The first-order valence-electron chi connectivity index (χ1n) is 5.96. The van der Waals surface area contributed by atoms with Crippen molar-refractivity contribution < 1.29 is 4.79 Å². The van der Waals surface area contributed by atoms with Gasteiger partial charge in [0, 0.05) is 19.4 Å². The molecule has 3 rings (SSSR count). The number of hydrogen-bond acceptors (Lipinski definition) is 2. The summed E-state index contributed by atoms with van der Waals surface area (Å²) in [6.07, 6.45) is 3.40. The molecule has 1 aliphatic rings. The summed E-state index contributed by atoms with van der Waals surface area (Å²) in [7, 11) is 1.84. The lowest BCUT2D eigenvalue weighted by Crippen LogP contribution is -2.23. The number of benzene rings is 1. The Morgan fingerprint density at radius 3 is 2.61 bits per heavy atom. The molecule has 0 saturated carbocycles. The molecule has 18 heavy (non-hydrogen) atoms. The van der Waals surface area contributed by atoms with Gasteiger partial charge in [0.2, 0.25) is 0 Å². The van der Waals surface area contributed by atoms with Crippen LogP contribution < -0.4 is 0 Å². The van der Waals surface area contributed by atoms with Gasteiger partial charge in [0.05, 0.1) is 11.6 Å². The van der Waals surface area contributed by atoms with Crippen LogP contribution in [0.5, 0.6) is 0 Å². The zero-order valence-electron chi connectivity index (χ0n) is 10.4. The van der Waals surface area contributed by atoms with Gasteiger partial charge in [-0.15, -0.1) is 0 Å². The average molecular weight is 238 g/mol. The van der Waals surface area contributed by atoms with Crippen LogP contribution in [0.2, 0.25) is 0 Å². The Hall–Kier alpha value is -2.16. The molecule has 0 bridgehead atoms. The third-order valence-corrected chi connectivity index (χ3v) is 3.48. The van der Waals surface area contributed by atoms with Crippen LogP contribution in [0.4, 0.5) is 0 Å². The van der Waals surface area contributed by atoms with Crippen LogP contribution in [0.25, 0.3) is 0 Å². The Balaban J connectivity index is 2.13. The topological polar surface area (TPSA) is 33.2 Å². The standard InChI is InChI=1S/C15H14N2O/c1-10-3-5-11(6-4-10)14-12-7-8-16-9-13(12)15(18)17(14)2/h3-9,14H,1-2H3. The minimum Gasteiger partial charge on any atom is -0.330 e. The molecule has 1 aromatic carbocycles. The minimum absolute atomic E-state index is 0.0103. The molecule has 0 radical (unpaired) electrons. The summed E-state index contributed by atoms with van der Waals surface area (Å²) >= 11 is 0. The Bertz CT molecular complexity index is 604. The number of hydrogen-bond donors (Lipinski definition) is 0. The second-order valence-electron chi connectivity index (χ2n) is 4.69. The molecular weight excluding hydrogens is 224 g/mol. The second kappa shape index (κ2) is 3.95. The molecule has 0 fully saturated rings. The fourth-order valence-electron chi connectivity index (χ4n) is 2.49. The molecule has 2 heterocycles. The highest BCUT2D eigenvalue weighted by atomic mass is 16.2. The van der Waals surface area contributed by atoms with Gasteiger partial charge in [-0.05, 0) is 24.1 Å². The summed E-state index contributed by atoms with van der Waals surface area (Å²) in [6.45, 7) is 2.06. The lowest BCUT2D eigenvalue weighted by Gasteiger charge is -2.21. The van der Waals surface area contributed by atoms with Gasteiger partial charge in [-0.25, -0.2) is 0 Å². The molecule has 3 heteroatoms. The fourth-order valence-corrected chi connectivity index (χ4v) is 2.49. The minimum atomic E-state index is 0.0103. The summed E-state index contributed by atoms with van der Waals surface area (Å²) < 4.78 is 0. The van der Waals surface area contributed by atoms with Crippen LogP contribution in [-0.4, -0.2) is 22.8 Å². The third kappa shape index (κ3) is 1.51. The number of pyridine rings is 1. The van der Waals surface area contributed by atoms with Crippen LogP contribution in [0.15, 0.2) is 42.7 Å². The number of aromatic nitrogens is 1. The van der Waals surface area contributed by atoms with Crippen molar-refractivity contribution in [1.29, 1.82) is 0 Å². The molecule has 0 saturated heterocycles. The average Bonchev–Trinajstić information content (AvgIpc) is 2.64. The molecule has 0 N–H and O–H groups in total. The van der Waals surface area contributed by atoms with Crippen LogP contribution in [-0.2, 0) is 0 Å². The van der Waals surface area contributed by atoms with Gasteiger partial charge in [-0.2, -0.15) is 0 Å². The van der Waals surface area contributed by atoms with Crippen molar-refractivity contribution in [3.05, 3.63) is 65.0 Å². The van der Waals surface area contributed by atoms with E-state index in [0.717, 1.165) is 11.1 Å². The van der Waals surface area contributed by atoms with E-state index in [2.05, 4.69) is 36.2 Å². The summed E-state index contributed by atoms with van der Waals surface area (Å²) in [6, 6.07) is 10.3. The Morgan fingerprint density at radius 2 is 1.89 bits per heavy atom. The number of nitrogens with zero attached hydrogens (tertiary/aromatic N) is 2. The maximum absolute atomic E-state index is 12.1. The SMILES string of the molecule is Cc1ccc(C2c3ccncc3C(=O)N2C)cc1. The lowest BCUT2D eigenvalue weighted by molar-refractivity contribution is 0.0793. The second-order valence-corrected chi connectivity index (χ2v) is 4.69. The molecule has 1 unspecified atom stereocenters. The smallest absolute Gasteiger partial charge is 0.256 e. The first-order chi connectivity index (χ1) is 8.68. The van der Waals surface area contributed by atoms with Crippen LogP contribution in [0, 0.1) is 6.92 Å². The Labute approximate surface area is 106 Å². The van der Waals surface area contributed by atoms with E-state index in [9.17, 15) is 4.79 Å². The highest BCUT2D eigenvalue weighted by Gasteiger charge is 2.34. The van der Waals surface area contributed by atoms with E-state index in [0.29, 0.717) is 5.56 Å². The molecule has 1 atom stereocenters. The summed E-state index contributed by atoms with van der Waals surface area (Å²) in [5.41, 5.74) is 4.12. The molecule has 1 amide bonds. The molecule has 3 nitrogen and oxygen atoms in total. The van der Waals surface area contributed by atoms with Gasteiger partial charge >= 0.3 is 0 Å². The van der Waals surface area contributed by atoms with Crippen molar-refractivity contribution in [2.75, 3.05) is 7.05 Å². The number of rotatable bonds is 1. The number of carbonyl (C=O) groups excluding carboxylic acids is 1. The number of carbonyl (C=O) groups is 1. The maximum Gasteiger partial charge on any atom is 0.256 e. The first-order valence-corrected chi connectivity index (χ1v) is 5.96. The molecule has 0 spiro atoms. The monoisotopic (exact) mass is 238 g/mol. The lowest BCUT2D eigenvalue weighted by atomic mass is 9.98. The highest BCUT2D eigenvalue weighted by molar-refractivity contribution is 5.99. The van der Waals surface area contributed by atoms with Crippen LogP contribution >= 0.6 is 0 Å². The van der Waals surface area contributed by atoms with Gasteiger partial charge in [-0.1, -0.05) is 29.8 Å². The number of aryl methyl sites for hydroxylation is 1. The summed E-state index contributed by atoms with van der Waals surface area (Å²) in [4.78, 5) is 17.9. The van der Waals surface area contributed by atoms with Crippen LogP contribution in [0.1, 0.15) is 33.1 Å². The molecule has 0 aliphatic carbocycles. The molecule has 1 aromatic heterocycles. The van der Waals surface area contributed by atoms with E-state index in [1.165, 1.54) is 5.56 Å². The van der Waals surface area contributed by atoms with Gasteiger partial charge in [0.25, 0.3) is 5.91 Å². The number of amides is 1. The van der Waals surface area contributed by atoms with Gasteiger partial charge in [0.15, 0.2) is 0 Å². The van der Waals surface area contributed by atoms with Gasteiger partial charge < -0.3 is 4.90 Å². The normalized spacial score (nSPS) is 18.0. The fraction of sp³-hybridized carbons (Fsp3) is 0.200. The van der Waals surface area contributed by atoms with Crippen molar-refractivity contribution in [1.82, 2.24) is 9.88 Å². The predicted molar refractivity (Wildman–Crippen MR) is 69.4 cm³/mol. The molecule has 2 aromatic rings. The molecule has 90 valence electrons. The van der Waals surface area contributed by atoms with Crippen molar-refractivity contribution >= 4 is 5.91 Å². The summed E-state index contributed by atoms with van der Waals surface area (Å²) in [5, 5.41) is 0. The van der Waals surface area contributed by atoms with Gasteiger partial charge in [-0.3, -0.25) is 9.78 Å². The summed E-state index contributed by atoms with van der Waals surface area (Å²) in [5.74, 6) is 0.0451. The maximum atomic E-state index is 12.1. The molecule has 1 aliphatic heterocycles. The van der Waals surface area contributed by atoms with Crippen LogP contribution in [0.3, 0.4) is 0 Å². The van der Waals surface area contributed by atoms with E-state index in [4.69, 9.17) is 0 Å². The van der Waals surface area contributed by atoms with Crippen molar-refractivity contribution in [2.24, 2.45) is 0 Å². The largest absolute Gasteiger partial charge is 0.330 e. The van der Waals surface area contributed by atoms with E-state index in [1.807, 2.05) is 13.1 Å². The van der Waals surface area contributed by atoms with Crippen molar-refractivity contribution in [3.63, 3.8) is 0 Å². The zero-order valence-corrected chi connectivity index (χ0v) is 10.4. The number of fused-ring (bicyclic) bond motifs is 1. The van der Waals surface area contributed by atoms with Crippen molar-refractivity contribution in [2.45, 2.75) is 13.0 Å². The third-order valence-electron chi connectivity index (χ3n) is 3.48.